The number of aromatic nitrogens is 1. The second-order valence-corrected chi connectivity index (χ2v) is 5.08. The predicted molar refractivity (Wildman–Crippen MR) is 75.4 cm³/mol. The molecule has 0 saturated carbocycles. The Morgan fingerprint density at radius 3 is 2.78 bits per heavy atom. The van der Waals surface area contributed by atoms with E-state index in [1.54, 1.807) is 6.20 Å². The zero-order valence-corrected chi connectivity index (χ0v) is 11.6. The third-order valence-corrected chi connectivity index (χ3v) is 3.17. The molecule has 18 heavy (non-hydrogen) atoms. The molecule has 0 saturated heterocycles. The van der Waals surface area contributed by atoms with Gasteiger partial charge in [0.25, 0.3) is 0 Å². The van der Waals surface area contributed by atoms with Crippen molar-refractivity contribution in [3.63, 3.8) is 0 Å². The molecule has 0 spiro atoms. The van der Waals surface area contributed by atoms with Gasteiger partial charge in [0.1, 0.15) is 5.78 Å². The van der Waals surface area contributed by atoms with Crippen LogP contribution in [0.2, 0.25) is 0 Å². The van der Waals surface area contributed by atoms with E-state index in [1.165, 1.54) is 0 Å². The van der Waals surface area contributed by atoms with Crippen molar-refractivity contribution in [2.45, 2.75) is 19.3 Å². The Morgan fingerprint density at radius 2 is 2.06 bits per heavy atom. The van der Waals surface area contributed by atoms with Crippen LogP contribution in [0.25, 0.3) is 0 Å². The number of nitrogens with zero attached hydrogens (tertiary/aromatic N) is 1. The van der Waals surface area contributed by atoms with Crippen LogP contribution in [0.5, 0.6) is 0 Å². The van der Waals surface area contributed by atoms with E-state index in [2.05, 4.69) is 20.9 Å². The molecule has 0 N–H and O–H groups in total. The molecule has 0 fully saturated rings. The number of hydrogen-bond donors (Lipinski definition) is 0. The monoisotopic (exact) mass is 303 g/mol. The van der Waals surface area contributed by atoms with Gasteiger partial charge in [-0.2, -0.15) is 0 Å². The average molecular weight is 304 g/mol. The van der Waals surface area contributed by atoms with Gasteiger partial charge >= 0.3 is 0 Å². The molecule has 2 aromatic rings. The smallest absolute Gasteiger partial charge is 0.137 e. The summed E-state index contributed by atoms with van der Waals surface area (Å²) < 4.78 is 1.01. The highest BCUT2D eigenvalue weighted by molar-refractivity contribution is 9.10. The van der Waals surface area contributed by atoms with Crippen LogP contribution in [-0.2, 0) is 17.6 Å². The first-order valence-corrected chi connectivity index (χ1v) is 6.69. The van der Waals surface area contributed by atoms with Crippen molar-refractivity contribution in [2.75, 3.05) is 0 Å². The summed E-state index contributed by atoms with van der Waals surface area (Å²) in [5, 5.41) is 0. The Hall–Kier alpha value is -1.48. The average Bonchev–Trinajstić information content (AvgIpc) is 2.38. The van der Waals surface area contributed by atoms with Crippen molar-refractivity contribution in [2.24, 2.45) is 0 Å². The fourth-order valence-electron chi connectivity index (χ4n) is 1.78. The fraction of sp³-hybridized carbons (Fsp3) is 0.200. The predicted octanol–water partition coefficient (Wildman–Crippen LogP) is 3.59. The van der Waals surface area contributed by atoms with Crippen molar-refractivity contribution in [1.29, 1.82) is 0 Å². The molecule has 92 valence electrons. The van der Waals surface area contributed by atoms with E-state index in [-0.39, 0.29) is 5.78 Å². The highest BCUT2D eigenvalue weighted by Gasteiger charge is 2.05. The number of aryl methyl sites for hydroxylation is 1. The maximum Gasteiger partial charge on any atom is 0.137 e. The zero-order chi connectivity index (χ0) is 12.8. The van der Waals surface area contributed by atoms with Gasteiger partial charge in [0.05, 0.1) is 0 Å². The van der Waals surface area contributed by atoms with Crippen molar-refractivity contribution in [3.05, 3.63) is 64.4 Å². The van der Waals surface area contributed by atoms with Gasteiger partial charge in [0.2, 0.25) is 0 Å². The largest absolute Gasteiger partial charge is 0.299 e. The summed E-state index contributed by atoms with van der Waals surface area (Å²) in [7, 11) is 0. The molecular formula is C15H14BrNO. The van der Waals surface area contributed by atoms with E-state index in [9.17, 15) is 4.79 Å². The number of hydrogen-bond acceptors (Lipinski definition) is 2. The Morgan fingerprint density at radius 1 is 1.17 bits per heavy atom. The van der Waals surface area contributed by atoms with E-state index < -0.39 is 0 Å². The molecule has 0 aliphatic heterocycles. The second kappa shape index (κ2) is 6.45. The Kier molecular flexibility index (Phi) is 4.65. The number of Topliss-reactive ketones (excluding diaryl/α,β-unsaturated/α-hetero) is 1. The first-order chi connectivity index (χ1) is 8.74. The van der Waals surface area contributed by atoms with E-state index in [4.69, 9.17) is 0 Å². The van der Waals surface area contributed by atoms with Crippen LogP contribution in [-0.4, -0.2) is 10.8 Å². The molecule has 0 atom stereocenters. The SMILES string of the molecule is O=C(CCc1ccccn1)Cc1cccc(Br)c1. The Balaban J connectivity index is 1.86. The minimum Gasteiger partial charge on any atom is -0.299 e. The summed E-state index contributed by atoms with van der Waals surface area (Å²) in [5.74, 6) is 0.249. The zero-order valence-electron chi connectivity index (χ0n) is 9.97. The third kappa shape index (κ3) is 4.08. The topological polar surface area (TPSA) is 30.0 Å². The van der Waals surface area contributed by atoms with Crippen LogP contribution in [0.15, 0.2) is 53.1 Å². The number of halogens is 1. The van der Waals surface area contributed by atoms with E-state index >= 15 is 0 Å². The molecule has 0 bridgehead atoms. The highest BCUT2D eigenvalue weighted by Crippen LogP contribution is 2.13. The second-order valence-electron chi connectivity index (χ2n) is 4.17. The number of rotatable bonds is 5. The molecule has 0 unspecified atom stereocenters. The van der Waals surface area contributed by atoms with E-state index in [0.29, 0.717) is 19.3 Å². The lowest BCUT2D eigenvalue weighted by atomic mass is 10.0. The lowest BCUT2D eigenvalue weighted by molar-refractivity contribution is -0.118. The van der Waals surface area contributed by atoms with Crippen molar-refractivity contribution in [3.8, 4) is 0 Å². The van der Waals surface area contributed by atoms with Gasteiger partial charge in [-0.05, 0) is 36.2 Å². The summed E-state index contributed by atoms with van der Waals surface area (Å²) in [6.07, 6.45) is 3.51. The number of carbonyl (C=O) groups is 1. The summed E-state index contributed by atoms with van der Waals surface area (Å²) in [4.78, 5) is 16.1. The maximum atomic E-state index is 11.9. The molecule has 3 heteroatoms. The molecule has 0 aliphatic carbocycles. The minimum absolute atomic E-state index is 0.249. The van der Waals surface area contributed by atoms with Crippen LogP contribution in [0.1, 0.15) is 17.7 Å². The molecule has 0 radical (unpaired) electrons. The number of pyridine rings is 1. The van der Waals surface area contributed by atoms with Gasteiger partial charge in [0, 0.05) is 29.2 Å². The van der Waals surface area contributed by atoms with Gasteiger partial charge in [-0.25, -0.2) is 0 Å². The molecular weight excluding hydrogens is 290 g/mol. The molecule has 2 nitrogen and oxygen atoms in total. The van der Waals surface area contributed by atoms with Crippen LogP contribution in [0.3, 0.4) is 0 Å². The number of ketones is 1. The standard InChI is InChI=1S/C15H14BrNO/c16-13-5-3-4-12(10-13)11-15(18)8-7-14-6-1-2-9-17-14/h1-6,9-10H,7-8,11H2. The molecule has 1 aromatic carbocycles. The van der Waals surface area contributed by atoms with Gasteiger partial charge in [-0.1, -0.05) is 34.1 Å². The molecule has 2 rings (SSSR count). The molecule has 1 heterocycles. The molecule has 0 amide bonds. The van der Waals surface area contributed by atoms with Crippen molar-refractivity contribution in [1.82, 2.24) is 4.98 Å². The van der Waals surface area contributed by atoms with E-state index in [0.717, 1.165) is 15.7 Å². The highest BCUT2D eigenvalue weighted by atomic mass is 79.9. The van der Waals surface area contributed by atoms with E-state index in [1.807, 2.05) is 42.5 Å². The van der Waals surface area contributed by atoms with Crippen LogP contribution >= 0.6 is 15.9 Å². The van der Waals surface area contributed by atoms with Gasteiger partial charge < -0.3 is 0 Å². The summed E-state index contributed by atoms with van der Waals surface area (Å²) >= 11 is 3.41. The Labute approximate surface area is 115 Å². The molecule has 0 aliphatic rings. The van der Waals surface area contributed by atoms with Crippen LogP contribution < -0.4 is 0 Å². The minimum atomic E-state index is 0.249. The quantitative estimate of drug-likeness (QED) is 0.845. The third-order valence-electron chi connectivity index (χ3n) is 2.68. The summed E-state index contributed by atoms with van der Waals surface area (Å²) in [6.45, 7) is 0. The Bertz CT molecular complexity index is 525. The summed E-state index contributed by atoms with van der Waals surface area (Å²) in [5.41, 5.74) is 2.02. The lowest BCUT2D eigenvalue weighted by Crippen LogP contribution is -2.05. The number of benzene rings is 1. The number of carbonyl (C=O) groups excluding carboxylic acids is 1. The first-order valence-electron chi connectivity index (χ1n) is 5.90. The first kappa shape index (κ1) is 13.0. The lowest BCUT2D eigenvalue weighted by Gasteiger charge is -2.02. The van der Waals surface area contributed by atoms with Gasteiger partial charge in [-0.3, -0.25) is 9.78 Å². The van der Waals surface area contributed by atoms with Crippen molar-refractivity contribution < 1.29 is 4.79 Å². The maximum absolute atomic E-state index is 11.9. The van der Waals surface area contributed by atoms with Gasteiger partial charge in [-0.15, -0.1) is 0 Å². The van der Waals surface area contributed by atoms with Crippen molar-refractivity contribution >= 4 is 21.7 Å². The molecule has 1 aromatic heterocycles. The van der Waals surface area contributed by atoms with Crippen LogP contribution in [0, 0.1) is 0 Å². The normalized spacial score (nSPS) is 10.3. The summed E-state index contributed by atoms with van der Waals surface area (Å²) in [6, 6.07) is 13.6. The van der Waals surface area contributed by atoms with Gasteiger partial charge in [0.15, 0.2) is 0 Å². The fourth-order valence-corrected chi connectivity index (χ4v) is 2.22. The van der Waals surface area contributed by atoms with Crippen LogP contribution in [0.4, 0.5) is 0 Å².